The summed E-state index contributed by atoms with van der Waals surface area (Å²) in [6.07, 6.45) is -1.62. The molecule has 20 heavy (non-hydrogen) atoms. The highest BCUT2D eigenvalue weighted by atomic mass is 35.5. The molecule has 2 rings (SSSR count). The van der Waals surface area contributed by atoms with Crippen molar-refractivity contribution in [1.29, 1.82) is 0 Å². The molecule has 1 aliphatic rings. The first kappa shape index (κ1) is 15.0. The molecule has 0 aromatic carbocycles. The number of rotatable bonds is 2. The van der Waals surface area contributed by atoms with E-state index in [-0.39, 0.29) is 42.9 Å². The number of nitrogens with zero attached hydrogens (tertiary/aromatic N) is 4. The first-order valence-electron chi connectivity index (χ1n) is 5.91. The van der Waals surface area contributed by atoms with Gasteiger partial charge in [-0.25, -0.2) is 4.98 Å². The molecule has 110 valence electrons. The van der Waals surface area contributed by atoms with Crippen LogP contribution in [-0.2, 0) is 0 Å². The van der Waals surface area contributed by atoms with Gasteiger partial charge in [-0.1, -0.05) is 11.6 Å². The van der Waals surface area contributed by atoms with Crippen LogP contribution >= 0.6 is 11.6 Å². The summed E-state index contributed by atoms with van der Waals surface area (Å²) in [7, 11) is 0. The molecule has 1 aromatic heterocycles. The Morgan fingerprint density at radius 3 is 2.45 bits per heavy atom. The zero-order valence-corrected chi connectivity index (χ0v) is 11.2. The van der Waals surface area contributed by atoms with Gasteiger partial charge in [0, 0.05) is 26.2 Å². The van der Waals surface area contributed by atoms with Gasteiger partial charge in [-0.05, 0) is 0 Å². The largest absolute Gasteiger partial charge is 0.401 e. The highest BCUT2D eigenvalue weighted by Gasteiger charge is 2.33. The molecular weight excluding hydrogens is 297 g/mol. The Balaban J connectivity index is 1.92. The molecule has 0 unspecified atom stereocenters. The lowest BCUT2D eigenvalue weighted by Crippen LogP contribution is -2.51. The van der Waals surface area contributed by atoms with Gasteiger partial charge in [0.15, 0.2) is 0 Å². The van der Waals surface area contributed by atoms with Crippen molar-refractivity contribution in [1.82, 2.24) is 19.8 Å². The maximum atomic E-state index is 12.3. The van der Waals surface area contributed by atoms with Gasteiger partial charge in [-0.3, -0.25) is 14.7 Å². The third-order valence-electron chi connectivity index (χ3n) is 2.89. The minimum Gasteiger partial charge on any atom is -0.335 e. The molecule has 9 heteroatoms. The van der Waals surface area contributed by atoms with Gasteiger partial charge in [-0.2, -0.15) is 13.2 Å². The molecule has 0 bridgehead atoms. The Kier molecular flexibility index (Phi) is 4.44. The van der Waals surface area contributed by atoms with E-state index < -0.39 is 12.7 Å². The van der Waals surface area contributed by atoms with Gasteiger partial charge in [0.1, 0.15) is 10.8 Å². The maximum Gasteiger partial charge on any atom is 0.401 e. The van der Waals surface area contributed by atoms with Crippen molar-refractivity contribution in [2.45, 2.75) is 6.18 Å². The van der Waals surface area contributed by atoms with Crippen LogP contribution in [0.1, 0.15) is 10.5 Å². The number of hydrogen-bond donors (Lipinski definition) is 0. The molecule has 1 aliphatic heterocycles. The summed E-state index contributed by atoms with van der Waals surface area (Å²) in [5.41, 5.74) is 0.0989. The Bertz CT molecular complexity index is 489. The van der Waals surface area contributed by atoms with Crippen LogP contribution in [0.25, 0.3) is 0 Å². The minimum absolute atomic E-state index is 0.0989. The second-order valence-electron chi connectivity index (χ2n) is 4.41. The van der Waals surface area contributed by atoms with Crippen LogP contribution in [0.5, 0.6) is 0 Å². The van der Waals surface area contributed by atoms with Crippen LogP contribution in [0.2, 0.25) is 5.15 Å². The average Bonchev–Trinajstić information content (AvgIpc) is 2.37. The van der Waals surface area contributed by atoms with Crippen LogP contribution in [0, 0.1) is 0 Å². The van der Waals surface area contributed by atoms with E-state index in [1.807, 2.05) is 0 Å². The normalized spacial score (nSPS) is 17.3. The average molecular weight is 309 g/mol. The van der Waals surface area contributed by atoms with E-state index >= 15 is 0 Å². The van der Waals surface area contributed by atoms with Crippen LogP contribution in [0.4, 0.5) is 13.2 Å². The highest BCUT2D eigenvalue weighted by molar-refractivity contribution is 6.29. The number of aromatic nitrogens is 2. The van der Waals surface area contributed by atoms with Gasteiger partial charge in [-0.15, -0.1) is 0 Å². The standard InChI is InChI=1S/C11H12ClF3N4O/c12-9-6-16-5-8(17-9)10(20)19-3-1-18(2-4-19)7-11(13,14)15/h5-6H,1-4,7H2. The molecule has 0 N–H and O–H groups in total. The van der Waals surface area contributed by atoms with Crippen LogP contribution in [0.3, 0.4) is 0 Å². The number of carbonyl (C=O) groups is 1. The molecule has 1 amide bonds. The fraction of sp³-hybridized carbons (Fsp3) is 0.545. The molecule has 1 saturated heterocycles. The van der Waals surface area contributed by atoms with Gasteiger partial charge in [0.25, 0.3) is 5.91 Å². The van der Waals surface area contributed by atoms with Crippen molar-refractivity contribution >= 4 is 17.5 Å². The maximum absolute atomic E-state index is 12.3. The van der Waals surface area contributed by atoms with E-state index in [0.29, 0.717) is 0 Å². The fourth-order valence-corrected chi connectivity index (χ4v) is 2.12. The molecular formula is C11H12ClF3N4O. The van der Waals surface area contributed by atoms with E-state index in [0.717, 1.165) is 0 Å². The van der Waals surface area contributed by atoms with E-state index in [4.69, 9.17) is 11.6 Å². The number of hydrogen-bond acceptors (Lipinski definition) is 4. The fourth-order valence-electron chi connectivity index (χ4n) is 1.97. The van der Waals surface area contributed by atoms with Gasteiger partial charge < -0.3 is 4.90 Å². The number of alkyl halides is 3. The third kappa shape index (κ3) is 4.04. The molecule has 5 nitrogen and oxygen atoms in total. The van der Waals surface area contributed by atoms with E-state index in [9.17, 15) is 18.0 Å². The smallest absolute Gasteiger partial charge is 0.335 e. The number of amides is 1. The molecule has 0 saturated carbocycles. The van der Waals surface area contributed by atoms with Gasteiger partial charge >= 0.3 is 6.18 Å². The molecule has 2 heterocycles. The summed E-state index contributed by atoms with van der Waals surface area (Å²) in [6, 6.07) is 0. The molecule has 0 aliphatic carbocycles. The Labute approximate surface area is 118 Å². The van der Waals surface area contributed by atoms with Crippen molar-refractivity contribution < 1.29 is 18.0 Å². The summed E-state index contributed by atoms with van der Waals surface area (Å²) in [6.45, 7) is -0.142. The number of piperazine rings is 1. The second-order valence-corrected chi connectivity index (χ2v) is 4.80. The monoisotopic (exact) mass is 308 g/mol. The van der Waals surface area contributed by atoms with Crippen molar-refractivity contribution in [3.05, 3.63) is 23.2 Å². The summed E-state index contributed by atoms with van der Waals surface area (Å²) in [5, 5.41) is 0.103. The molecule has 0 atom stereocenters. The van der Waals surface area contributed by atoms with E-state index in [2.05, 4.69) is 9.97 Å². The highest BCUT2D eigenvalue weighted by Crippen LogP contribution is 2.18. The number of carbonyl (C=O) groups excluding carboxylic acids is 1. The quantitative estimate of drug-likeness (QED) is 0.830. The van der Waals surface area contributed by atoms with Crippen molar-refractivity contribution in [3.8, 4) is 0 Å². The number of halogens is 4. The second kappa shape index (κ2) is 5.92. The van der Waals surface area contributed by atoms with E-state index in [1.165, 1.54) is 22.2 Å². The molecule has 0 radical (unpaired) electrons. The lowest BCUT2D eigenvalue weighted by atomic mass is 10.3. The lowest BCUT2D eigenvalue weighted by Gasteiger charge is -2.34. The van der Waals surface area contributed by atoms with Crippen molar-refractivity contribution in [2.24, 2.45) is 0 Å². The summed E-state index contributed by atoms with van der Waals surface area (Å²) in [5.74, 6) is -0.369. The lowest BCUT2D eigenvalue weighted by molar-refractivity contribution is -0.148. The van der Waals surface area contributed by atoms with Crippen molar-refractivity contribution in [2.75, 3.05) is 32.7 Å². The van der Waals surface area contributed by atoms with E-state index in [1.54, 1.807) is 0 Å². The Morgan fingerprint density at radius 2 is 1.90 bits per heavy atom. The van der Waals surface area contributed by atoms with Gasteiger partial charge in [0.05, 0.1) is 18.9 Å². The summed E-state index contributed by atoms with van der Waals surface area (Å²) < 4.78 is 36.8. The predicted molar refractivity (Wildman–Crippen MR) is 65.4 cm³/mol. The predicted octanol–water partition coefficient (Wildman–Crippen LogP) is 1.45. The Hall–Kier alpha value is -1.41. The van der Waals surface area contributed by atoms with Crippen LogP contribution in [-0.4, -0.2) is 64.6 Å². The van der Waals surface area contributed by atoms with Gasteiger partial charge in [0.2, 0.25) is 0 Å². The van der Waals surface area contributed by atoms with Crippen molar-refractivity contribution in [3.63, 3.8) is 0 Å². The third-order valence-corrected chi connectivity index (χ3v) is 3.07. The minimum atomic E-state index is -4.22. The SMILES string of the molecule is O=C(c1cncc(Cl)n1)N1CCN(CC(F)(F)F)CC1. The zero-order chi connectivity index (χ0) is 14.8. The zero-order valence-electron chi connectivity index (χ0n) is 10.4. The molecule has 1 aromatic rings. The summed E-state index contributed by atoms with van der Waals surface area (Å²) >= 11 is 5.65. The topological polar surface area (TPSA) is 49.3 Å². The molecule has 0 spiro atoms. The first-order valence-corrected chi connectivity index (χ1v) is 6.29. The van der Waals surface area contributed by atoms with Crippen LogP contribution in [0.15, 0.2) is 12.4 Å². The Morgan fingerprint density at radius 1 is 1.25 bits per heavy atom. The molecule has 1 fully saturated rings. The van der Waals surface area contributed by atoms with Crippen LogP contribution < -0.4 is 0 Å². The summed E-state index contributed by atoms with van der Waals surface area (Å²) in [4.78, 5) is 22.4. The first-order chi connectivity index (χ1) is 9.35.